The number of halogens is 3. The summed E-state index contributed by atoms with van der Waals surface area (Å²) in [6.45, 7) is 0. The van der Waals surface area contributed by atoms with Crippen molar-refractivity contribution in [3.05, 3.63) is 58.3 Å². The predicted octanol–water partition coefficient (Wildman–Crippen LogP) is 4.49. The van der Waals surface area contributed by atoms with Gasteiger partial charge in [0.2, 0.25) is 11.8 Å². The van der Waals surface area contributed by atoms with Crippen LogP contribution in [0.2, 0.25) is 10.0 Å². The summed E-state index contributed by atoms with van der Waals surface area (Å²) in [6, 6.07) is 10.2. The van der Waals surface area contributed by atoms with Crippen molar-refractivity contribution in [2.45, 2.75) is 12.8 Å². The Morgan fingerprint density at radius 2 is 1.50 bits per heavy atom. The summed E-state index contributed by atoms with van der Waals surface area (Å²) in [5.41, 5.74) is -0.423. The van der Waals surface area contributed by atoms with Gasteiger partial charge in [0, 0.05) is 21.4 Å². The van der Waals surface area contributed by atoms with Crippen molar-refractivity contribution < 1.29 is 14.0 Å². The van der Waals surface area contributed by atoms with Gasteiger partial charge in [-0.2, -0.15) is 0 Å². The zero-order chi connectivity index (χ0) is 17.3. The van der Waals surface area contributed by atoms with Crippen LogP contribution in [0, 0.1) is 11.2 Å². The lowest BCUT2D eigenvalue weighted by atomic mass is 10.0. The van der Waals surface area contributed by atoms with Gasteiger partial charge in [-0.05, 0) is 49.2 Å². The van der Waals surface area contributed by atoms with Gasteiger partial charge >= 0.3 is 0 Å². The number of amides is 2. The molecule has 0 saturated heterocycles. The topological polar surface area (TPSA) is 58.2 Å². The molecule has 2 N–H and O–H groups in total. The number of carbonyl (C=O) groups excluding carboxylic acids is 2. The van der Waals surface area contributed by atoms with Crippen molar-refractivity contribution in [2.24, 2.45) is 5.41 Å². The van der Waals surface area contributed by atoms with Gasteiger partial charge in [0.25, 0.3) is 0 Å². The van der Waals surface area contributed by atoms with Crippen LogP contribution in [0.5, 0.6) is 0 Å². The van der Waals surface area contributed by atoms with Crippen molar-refractivity contribution in [2.75, 3.05) is 10.6 Å². The lowest BCUT2D eigenvalue weighted by molar-refractivity contribution is -0.131. The van der Waals surface area contributed by atoms with E-state index in [1.807, 2.05) is 0 Å². The van der Waals surface area contributed by atoms with Crippen molar-refractivity contribution >= 4 is 46.4 Å². The Hall–Kier alpha value is -2.11. The second kappa shape index (κ2) is 6.42. The SMILES string of the molecule is O=C(Nc1cccc(F)c1)C1(C(=O)Nc2cc(Cl)cc(Cl)c2)CC1. The molecule has 0 heterocycles. The third-order valence-corrected chi connectivity index (χ3v) is 4.26. The normalized spacial score (nSPS) is 14.8. The maximum atomic E-state index is 13.2. The van der Waals surface area contributed by atoms with Crippen molar-refractivity contribution in [1.82, 2.24) is 0 Å². The summed E-state index contributed by atoms with van der Waals surface area (Å²) < 4.78 is 13.2. The molecule has 2 aromatic rings. The summed E-state index contributed by atoms with van der Waals surface area (Å²) in [7, 11) is 0. The zero-order valence-electron chi connectivity index (χ0n) is 12.4. The first kappa shape index (κ1) is 16.7. The first-order chi connectivity index (χ1) is 11.4. The monoisotopic (exact) mass is 366 g/mol. The Morgan fingerprint density at radius 3 is 2.04 bits per heavy atom. The largest absolute Gasteiger partial charge is 0.325 e. The Morgan fingerprint density at radius 1 is 0.917 bits per heavy atom. The average molecular weight is 367 g/mol. The van der Waals surface area contributed by atoms with Gasteiger partial charge in [0.1, 0.15) is 11.2 Å². The van der Waals surface area contributed by atoms with Crippen LogP contribution in [0.15, 0.2) is 42.5 Å². The van der Waals surface area contributed by atoms with E-state index in [0.717, 1.165) is 0 Å². The van der Waals surface area contributed by atoms with Gasteiger partial charge in [-0.25, -0.2) is 4.39 Å². The van der Waals surface area contributed by atoms with E-state index in [0.29, 0.717) is 34.3 Å². The molecule has 2 amide bonds. The summed E-state index contributed by atoms with van der Waals surface area (Å²) in [5, 5.41) is 6.01. The van der Waals surface area contributed by atoms with Gasteiger partial charge in [0.05, 0.1) is 0 Å². The fourth-order valence-corrected chi connectivity index (χ4v) is 2.90. The van der Waals surface area contributed by atoms with Gasteiger partial charge in [-0.1, -0.05) is 29.3 Å². The number of carbonyl (C=O) groups is 2. The Bertz CT molecular complexity index is 802. The standard InChI is InChI=1S/C17H13Cl2FN2O2/c18-10-6-11(19)8-14(7-10)22-16(24)17(4-5-17)15(23)21-13-3-1-2-12(20)9-13/h1-3,6-9H,4-5H2,(H,21,23)(H,22,24). The maximum absolute atomic E-state index is 13.2. The van der Waals surface area contributed by atoms with Crippen LogP contribution in [0.4, 0.5) is 15.8 Å². The third-order valence-electron chi connectivity index (χ3n) is 3.82. The molecule has 2 aromatic carbocycles. The molecule has 0 radical (unpaired) electrons. The number of hydrogen-bond donors (Lipinski definition) is 2. The molecule has 24 heavy (non-hydrogen) atoms. The second-order valence-corrected chi connectivity index (χ2v) is 6.53. The van der Waals surface area contributed by atoms with Crippen LogP contribution < -0.4 is 10.6 Å². The Labute approximate surface area is 148 Å². The molecule has 4 nitrogen and oxygen atoms in total. The van der Waals surface area contributed by atoms with Crippen LogP contribution in [0.25, 0.3) is 0 Å². The first-order valence-electron chi connectivity index (χ1n) is 7.24. The number of benzene rings is 2. The summed E-state index contributed by atoms with van der Waals surface area (Å²) in [6.07, 6.45) is 0.850. The molecule has 124 valence electrons. The highest BCUT2D eigenvalue weighted by atomic mass is 35.5. The van der Waals surface area contributed by atoms with Crippen LogP contribution in [-0.4, -0.2) is 11.8 Å². The van der Waals surface area contributed by atoms with E-state index in [1.54, 1.807) is 24.3 Å². The molecule has 0 bridgehead atoms. The van der Waals surface area contributed by atoms with Gasteiger partial charge in [0.15, 0.2) is 0 Å². The Balaban J connectivity index is 1.72. The van der Waals surface area contributed by atoms with Crippen LogP contribution in [-0.2, 0) is 9.59 Å². The minimum Gasteiger partial charge on any atom is -0.325 e. The molecular weight excluding hydrogens is 354 g/mol. The average Bonchev–Trinajstić information content (AvgIpc) is 3.27. The van der Waals surface area contributed by atoms with E-state index >= 15 is 0 Å². The Kier molecular flexibility index (Phi) is 4.47. The van der Waals surface area contributed by atoms with Gasteiger partial charge < -0.3 is 10.6 Å². The van der Waals surface area contributed by atoms with Crippen molar-refractivity contribution in [3.63, 3.8) is 0 Å². The van der Waals surface area contributed by atoms with E-state index < -0.39 is 23.0 Å². The molecule has 0 unspecified atom stereocenters. The minimum absolute atomic E-state index is 0.310. The predicted molar refractivity (Wildman–Crippen MR) is 91.8 cm³/mol. The highest BCUT2D eigenvalue weighted by Crippen LogP contribution is 2.47. The van der Waals surface area contributed by atoms with E-state index in [4.69, 9.17) is 23.2 Å². The van der Waals surface area contributed by atoms with Gasteiger partial charge in [-0.3, -0.25) is 9.59 Å². The fraction of sp³-hybridized carbons (Fsp3) is 0.176. The van der Waals surface area contributed by atoms with Crippen molar-refractivity contribution in [3.8, 4) is 0 Å². The number of anilines is 2. The molecule has 7 heteroatoms. The molecule has 0 spiro atoms. The zero-order valence-corrected chi connectivity index (χ0v) is 13.9. The highest BCUT2D eigenvalue weighted by Gasteiger charge is 2.56. The number of rotatable bonds is 4. The van der Waals surface area contributed by atoms with Crippen molar-refractivity contribution in [1.29, 1.82) is 0 Å². The molecule has 3 rings (SSSR count). The molecule has 1 saturated carbocycles. The molecule has 1 fully saturated rings. The van der Waals surface area contributed by atoms with Crippen LogP contribution >= 0.6 is 23.2 Å². The van der Waals surface area contributed by atoms with Gasteiger partial charge in [-0.15, -0.1) is 0 Å². The fourth-order valence-electron chi connectivity index (χ4n) is 2.38. The third kappa shape index (κ3) is 3.52. The smallest absolute Gasteiger partial charge is 0.240 e. The number of nitrogens with one attached hydrogen (secondary N) is 2. The maximum Gasteiger partial charge on any atom is 0.240 e. The molecule has 0 atom stereocenters. The van der Waals surface area contributed by atoms with E-state index in [1.165, 1.54) is 18.2 Å². The lowest BCUT2D eigenvalue weighted by Gasteiger charge is -2.16. The van der Waals surface area contributed by atoms with E-state index in [9.17, 15) is 14.0 Å². The minimum atomic E-state index is -1.15. The number of hydrogen-bond acceptors (Lipinski definition) is 2. The van der Waals surface area contributed by atoms with E-state index in [-0.39, 0.29) is 0 Å². The first-order valence-corrected chi connectivity index (χ1v) is 7.99. The molecular formula is C17H13Cl2FN2O2. The molecule has 0 aromatic heterocycles. The van der Waals surface area contributed by atoms with E-state index in [2.05, 4.69) is 10.6 Å². The highest BCUT2D eigenvalue weighted by molar-refractivity contribution is 6.35. The molecule has 0 aliphatic heterocycles. The second-order valence-electron chi connectivity index (χ2n) is 5.66. The summed E-state index contributed by atoms with van der Waals surface area (Å²) in [4.78, 5) is 24.9. The molecule has 1 aliphatic carbocycles. The molecule has 1 aliphatic rings. The summed E-state index contributed by atoms with van der Waals surface area (Å²) in [5.74, 6) is -1.36. The quantitative estimate of drug-likeness (QED) is 0.783. The van der Waals surface area contributed by atoms with Crippen LogP contribution in [0.1, 0.15) is 12.8 Å². The lowest BCUT2D eigenvalue weighted by Crippen LogP contribution is -2.35. The summed E-state index contributed by atoms with van der Waals surface area (Å²) >= 11 is 11.8. The van der Waals surface area contributed by atoms with Crippen LogP contribution in [0.3, 0.4) is 0 Å².